The van der Waals surface area contributed by atoms with Gasteiger partial charge in [-0.3, -0.25) is 0 Å². The summed E-state index contributed by atoms with van der Waals surface area (Å²) in [5, 5.41) is 10.4. The second kappa shape index (κ2) is 6.90. The molecule has 2 aromatic rings. The van der Waals surface area contributed by atoms with Crippen molar-refractivity contribution in [2.24, 2.45) is 0 Å². The van der Waals surface area contributed by atoms with Crippen molar-refractivity contribution < 1.29 is 0 Å². The number of nitrogens with zero attached hydrogens (tertiary/aromatic N) is 2. The second-order valence-corrected chi connectivity index (χ2v) is 6.90. The summed E-state index contributed by atoms with van der Waals surface area (Å²) in [5.74, 6) is 1.08. The summed E-state index contributed by atoms with van der Waals surface area (Å²) in [6.07, 6.45) is 6.53. The Morgan fingerprint density at radius 2 is 2.04 bits per heavy atom. The molecule has 1 aromatic heterocycles. The monoisotopic (exact) mass is 349 g/mol. The molecule has 4 rings (SSSR count). The molecule has 0 aliphatic carbocycles. The molecule has 1 saturated heterocycles. The molecule has 1 fully saturated rings. The first-order valence-electron chi connectivity index (χ1n) is 9.45. The lowest BCUT2D eigenvalue weighted by Gasteiger charge is -2.32. The number of hydrogen-bond donors (Lipinski definition) is 3. The van der Waals surface area contributed by atoms with Crippen molar-refractivity contribution in [1.82, 2.24) is 10.3 Å². The molecule has 5 heteroatoms. The van der Waals surface area contributed by atoms with Gasteiger partial charge >= 0.3 is 0 Å². The van der Waals surface area contributed by atoms with Gasteiger partial charge in [0.15, 0.2) is 0 Å². The zero-order valence-electron chi connectivity index (χ0n) is 15.8. The van der Waals surface area contributed by atoms with Gasteiger partial charge in [-0.15, -0.1) is 0 Å². The summed E-state index contributed by atoms with van der Waals surface area (Å²) >= 11 is 0. The van der Waals surface area contributed by atoms with Gasteiger partial charge in [0.2, 0.25) is 0 Å². The molecule has 3 N–H and O–H groups in total. The summed E-state index contributed by atoms with van der Waals surface area (Å²) in [5.41, 5.74) is 7.22. The number of aryl methyl sites for hydroxylation is 1. The van der Waals surface area contributed by atoms with Gasteiger partial charge < -0.3 is 20.9 Å². The van der Waals surface area contributed by atoms with Gasteiger partial charge in [0.05, 0.1) is 6.04 Å². The summed E-state index contributed by atoms with van der Waals surface area (Å²) in [7, 11) is 3.97. The third kappa shape index (κ3) is 2.87. The topological polar surface area (TPSA) is 52.2 Å². The van der Waals surface area contributed by atoms with Crippen molar-refractivity contribution in [3.8, 4) is 0 Å². The Bertz CT molecular complexity index is 821. The van der Waals surface area contributed by atoms with Gasteiger partial charge in [-0.1, -0.05) is 13.0 Å². The molecule has 0 spiro atoms. The number of benzene rings is 1. The van der Waals surface area contributed by atoms with Crippen molar-refractivity contribution >= 4 is 22.9 Å². The SMILES string of the molecule is CCc1cc2c(cc1NC)NC(c1ccc(N3CCC3)nc1)C=C2NC. The third-order valence-corrected chi connectivity index (χ3v) is 5.41. The Kier molecular flexibility index (Phi) is 4.45. The first kappa shape index (κ1) is 16.8. The van der Waals surface area contributed by atoms with Crippen LogP contribution in [-0.4, -0.2) is 32.2 Å². The highest BCUT2D eigenvalue weighted by Gasteiger charge is 2.22. The van der Waals surface area contributed by atoms with E-state index in [0.29, 0.717) is 0 Å². The maximum absolute atomic E-state index is 4.67. The molecular formula is C21H27N5. The van der Waals surface area contributed by atoms with E-state index in [4.69, 9.17) is 0 Å². The zero-order valence-corrected chi connectivity index (χ0v) is 15.8. The van der Waals surface area contributed by atoms with E-state index in [2.05, 4.69) is 63.1 Å². The van der Waals surface area contributed by atoms with Crippen LogP contribution in [0.5, 0.6) is 0 Å². The number of nitrogens with one attached hydrogen (secondary N) is 3. The highest BCUT2D eigenvalue weighted by atomic mass is 15.2. The van der Waals surface area contributed by atoms with Crippen LogP contribution in [0.3, 0.4) is 0 Å². The average Bonchev–Trinajstić information content (AvgIpc) is 2.65. The molecule has 2 aliphatic rings. The molecule has 26 heavy (non-hydrogen) atoms. The Hall–Kier alpha value is -2.69. The van der Waals surface area contributed by atoms with Crippen molar-refractivity contribution in [3.63, 3.8) is 0 Å². The molecule has 3 heterocycles. The van der Waals surface area contributed by atoms with E-state index < -0.39 is 0 Å². The standard InChI is InChI=1S/C21H27N5/c1-4-14-10-16-19(23-3)12-18(25-20(16)11-17(14)22-2)15-6-7-21(24-13-15)26-8-5-9-26/h6-7,10-13,18,22-23,25H,4-5,8-9H2,1-3H3. The first-order chi connectivity index (χ1) is 12.7. The summed E-state index contributed by atoms with van der Waals surface area (Å²) in [6, 6.07) is 8.93. The maximum Gasteiger partial charge on any atom is 0.128 e. The lowest BCUT2D eigenvalue weighted by atomic mass is 9.95. The van der Waals surface area contributed by atoms with Crippen LogP contribution >= 0.6 is 0 Å². The van der Waals surface area contributed by atoms with Crippen LogP contribution in [0.25, 0.3) is 5.70 Å². The van der Waals surface area contributed by atoms with Gasteiger partial charge in [0.1, 0.15) is 5.82 Å². The Morgan fingerprint density at radius 1 is 1.19 bits per heavy atom. The minimum absolute atomic E-state index is 0.111. The molecule has 0 bridgehead atoms. The van der Waals surface area contributed by atoms with E-state index in [9.17, 15) is 0 Å². The fourth-order valence-corrected chi connectivity index (χ4v) is 3.69. The number of aromatic nitrogens is 1. The van der Waals surface area contributed by atoms with E-state index in [1.54, 1.807) is 0 Å². The summed E-state index contributed by atoms with van der Waals surface area (Å²) in [4.78, 5) is 6.98. The Labute approximate surface area is 155 Å². The van der Waals surface area contributed by atoms with Gasteiger partial charge in [-0.05, 0) is 48.2 Å². The molecule has 1 aromatic carbocycles. The molecule has 0 radical (unpaired) electrons. The smallest absolute Gasteiger partial charge is 0.128 e. The quantitative estimate of drug-likeness (QED) is 0.770. The van der Waals surface area contributed by atoms with Crippen molar-refractivity contribution in [2.75, 3.05) is 42.7 Å². The van der Waals surface area contributed by atoms with Crippen LogP contribution in [0, 0.1) is 0 Å². The summed E-state index contributed by atoms with van der Waals surface area (Å²) in [6.45, 7) is 4.44. The number of hydrogen-bond acceptors (Lipinski definition) is 5. The molecule has 136 valence electrons. The molecule has 5 nitrogen and oxygen atoms in total. The minimum atomic E-state index is 0.111. The van der Waals surface area contributed by atoms with E-state index in [0.717, 1.165) is 36.7 Å². The molecular weight excluding hydrogens is 322 g/mol. The predicted octanol–water partition coefficient (Wildman–Crippen LogP) is 3.62. The van der Waals surface area contributed by atoms with Gasteiger partial charge in [0, 0.05) is 56.0 Å². The number of rotatable bonds is 5. The van der Waals surface area contributed by atoms with Crippen LogP contribution < -0.4 is 20.9 Å². The highest BCUT2D eigenvalue weighted by Crippen LogP contribution is 2.37. The maximum atomic E-state index is 4.67. The predicted molar refractivity (Wildman–Crippen MR) is 110 cm³/mol. The molecule has 1 atom stereocenters. The Morgan fingerprint density at radius 3 is 2.62 bits per heavy atom. The van der Waals surface area contributed by atoms with Crippen LogP contribution in [0.15, 0.2) is 36.5 Å². The molecule has 0 saturated carbocycles. The van der Waals surface area contributed by atoms with Crippen LogP contribution in [-0.2, 0) is 6.42 Å². The Balaban J connectivity index is 1.66. The lowest BCUT2D eigenvalue weighted by molar-refractivity contribution is 0.609. The molecule has 0 amide bonds. The first-order valence-corrected chi connectivity index (χ1v) is 9.45. The van der Waals surface area contributed by atoms with Crippen molar-refractivity contribution in [3.05, 3.63) is 53.2 Å². The van der Waals surface area contributed by atoms with Gasteiger partial charge in [-0.2, -0.15) is 0 Å². The number of pyridine rings is 1. The molecule has 1 unspecified atom stereocenters. The number of anilines is 3. The van der Waals surface area contributed by atoms with Crippen molar-refractivity contribution in [1.29, 1.82) is 0 Å². The van der Waals surface area contributed by atoms with Gasteiger partial charge in [0.25, 0.3) is 0 Å². The van der Waals surface area contributed by atoms with Crippen LogP contribution in [0.4, 0.5) is 17.2 Å². The van der Waals surface area contributed by atoms with Gasteiger partial charge in [-0.25, -0.2) is 4.98 Å². The summed E-state index contributed by atoms with van der Waals surface area (Å²) < 4.78 is 0. The number of fused-ring (bicyclic) bond motifs is 1. The lowest BCUT2D eigenvalue weighted by Crippen LogP contribution is -2.37. The van der Waals surface area contributed by atoms with E-state index in [1.165, 1.54) is 28.8 Å². The molecule has 2 aliphatic heterocycles. The third-order valence-electron chi connectivity index (χ3n) is 5.41. The van der Waals surface area contributed by atoms with E-state index >= 15 is 0 Å². The largest absolute Gasteiger partial charge is 0.388 e. The fourth-order valence-electron chi connectivity index (χ4n) is 3.69. The highest BCUT2D eigenvalue weighted by molar-refractivity contribution is 5.83. The average molecular weight is 349 g/mol. The van der Waals surface area contributed by atoms with Crippen LogP contribution in [0.1, 0.15) is 36.1 Å². The second-order valence-electron chi connectivity index (χ2n) is 6.90. The van der Waals surface area contributed by atoms with Crippen LogP contribution in [0.2, 0.25) is 0 Å². The normalized spacial score (nSPS) is 18.3. The van der Waals surface area contributed by atoms with E-state index in [-0.39, 0.29) is 6.04 Å². The minimum Gasteiger partial charge on any atom is -0.388 e. The fraction of sp³-hybridized carbons (Fsp3) is 0.381. The van der Waals surface area contributed by atoms with Crippen molar-refractivity contribution in [2.45, 2.75) is 25.8 Å². The van der Waals surface area contributed by atoms with E-state index in [1.807, 2.05) is 20.3 Å². The zero-order chi connectivity index (χ0) is 18.1.